The predicted octanol–water partition coefficient (Wildman–Crippen LogP) is 4.53. The van der Waals surface area contributed by atoms with Crippen LogP contribution in [0.4, 0.5) is 14.5 Å². The monoisotopic (exact) mass is 253 g/mol. The highest BCUT2D eigenvalue weighted by molar-refractivity contribution is 6.33. The molecule has 0 aliphatic carbocycles. The molecule has 0 heterocycles. The van der Waals surface area contributed by atoms with Crippen LogP contribution in [0, 0.1) is 0 Å². The third kappa shape index (κ3) is 2.56. The van der Waals surface area contributed by atoms with E-state index in [0.29, 0.717) is 21.8 Å². The summed E-state index contributed by atoms with van der Waals surface area (Å²) in [5, 5.41) is 0.512. The second-order valence-electron chi connectivity index (χ2n) is 3.67. The molecule has 0 unspecified atom stereocenters. The van der Waals surface area contributed by atoms with E-state index in [0.717, 1.165) is 0 Å². The Morgan fingerprint density at radius 2 is 1.76 bits per heavy atom. The van der Waals surface area contributed by atoms with Crippen molar-refractivity contribution in [3.63, 3.8) is 0 Å². The van der Waals surface area contributed by atoms with Crippen LogP contribution < -0.4 is 5.73 Å². The minimum atomic E-state index is -2.54. The van der Waals surface area contributed by atoms with Gasteiger partial charge in [-0.15, -0.1) is 0 Å². The van der Waals surface area contributed by atoms with E-state index in [-0.39, 0.29) is 5.56 Å². The predicted molar refractivity (Wildman–Crippen MR) is 66.3 cm³/mol. The number of rotatable bonds is 2. The van der Waals surface area contributed by atoms with Crippen molar-refractivity contribution in [2.45, 2.75) is 6.43 Å². The molecular formula is C13H10ClF2N. The lowest BCUT2D eigenvalue weighted by Crippen LogP contribution is -1.92. The molecule has 0 saturated carbocycles. The Morgan fingerprint density at radius 3 is 2.41 bits per heavy atom. The number of hydrogen-bond acceptors (Lipinski definition) is 1. The Morgan fingerprint density at radius 1 is 1.06 bits per heavy atom. The number of halogens is 3. The molecule has 0 fully saturated rings. The van der Waals surface area contributed by atoms with Gasteiger partial charge < -0.3 is 5.73 Å². The molecule has 2 aromatic rings. The van der Waals surface area contributed by atoms with E-state index in [2.05, 4.69) is 0 Å². The fraction of sp³-hybridized carbons (Fsp3) is 0.0769. The molecule has 2 rings (SSSR count). The van der Waals surface area contributed by atoms with Crippen molar-refractivity contribution < 1.29 is 8.78 Å². The lowest BCUT2D eigenvalue weighted by Gasteiger charge is -2.08. The highest BCUT2D eigenvalue weighted by Gasteiger charge is 2.11. The molecule has 0 aromatic heterocycles. The minimum absolute atomic E-state index is 0.0973. The molecule has 0 saturated heterocycles. The molecule has 0 amide bonds. The molecule has 4 heteroatoms. The van der Waals surface area contributed by atoms with E-state index in [1.807, 2.05) is 0 Å². The number of nitrogens with two attached hydrogens (primary N) is 1. The van der Waals surface area contributed by atoms with Crippen molar-refractivity contribution in [2.75, 3.05) is 5.73 Å². The molecule has 0 aliphatic rings. The highest BCUT2D eigenvalue weighted by atomic mass is 35.5. The summed E-state index contributed by atoms with van der Waals surface area (Å²) in [5.74, 6) is 0. The lowest BCUT2D eigenvalue weighted by atomic mass is 10.0. The average molecular weight is 254 g/mol. The van der Waals surface area contributed by atoms with Gasteiger partial charge in [0.05, 0.1) is 0 Å². The summed E-state index contributed by atoms with van der Waals surface area (Å²) in [7, 11) is 0. The Kier molecular flexibility index (Phi) is 3.29. The van der Waals surface area contributed by atoms with Gasteiger partial charge >= 0.3 is 0 Å². The third-order valence-electron chi connectivity index (χ3n) is 2.41. The van der Waals surface area contributed by atoms with Gasteiger partial charge in [0.2, 0.25) is 0 Å². The summed E-state index contributed by atoms with van der Waals surface area (Å²) in [6, 6.07) is 11.4. The lowest BCUT2D eigenvalue weighted by molar-refractivity contribution is 0.151. The molecule has 0 aliphatic heterocycles. The van der Waals surface area contributed by atoms with Crippen molar-refractivity contribution in [3.05, 3.63) is 53.1 Å². The van der Waals surface area contributed by atoms with Crippen molar-refractivity contribution in [1.29, 1.82) is 0 Å². The number of nitrogen functional groups attached to an aromatic ring is 1. The van der Waals surface area contributed by atoms with Gasteiger partial charge in [0.15, 0.2) is 0 Å². The highest BCUT2D eigenvalue weighted by Crippen LogP contribution is 2.32. The first kappa shape index (κ1) is 11.9. The van der Waals surface area contributed by atoms with E-state index >= 15 is 0 Å². The molecule has 0 atom stereocenters. The first-order chi connectivity index (χ1) is 8.08. The third-order valence-corrected chi connectivity index (χ3v) is 2.74. The molecule has 88 valence electrons. The van der Waals surface area contributed by atoms with Gasteiger partial charge in [-0.3, -0.25) is 0 Å². The van der Waals surface area contributed by atoms with Crippen LogP contribution >= 0.6 is 11.6 Å². The Bertz CT molecular complexity index is 541. The number of hydrogen-bond donors (Lipinski definition) is 1. The van der Waals surface area contributed by atoms with Crippen LogP contribution in [0.3, 0.4) is 0 Å². The molecule has 1 nitrogen and oxygen atoms in total. The molecule has 2 N–H and O–H groups in total. The van der Waals surface area contributed by atoms with E-state index < -0.39 is 6.43 Å². The minimum Gasteiger partial charge on any atom is -0.399 e. The summed E-state index contributed by atoms with van der Waals surface area (Å²) in [6.45, 7) is 0. The summed E-state index contributed by atoms with van der Waals surface area (Å²) in [4.78, 5) is 0. The summed E-state index contributed by atoms with van der Waals surface area (Å²) >= 11 is 6.01. The maximum Gasteiger partial charge on any atom is 0.263 e. The topological polar surface area (TPSA) is 26.0 Å². The van der Waals surface area contributed by atoms with E-state index in [4.69, 9.17) is 17.3 Å². The quantitative estimate of drug-likeness (QED) is 0.782. The van der Waals surface area contributed by atoms with E-state index in [1.165, 1.54) is 12.1 Å². The Balaban J connectivity index is 2.56. The first-order valence-corrected chi connectivity index (χ1v) is 5.39. The number of benzene rings is 2. The van der Waals surface area contributed by atoms with Crippen LogP contribution in [0.25, 0.3) is 11.1 Å². The zero-order valence-electron chi connectivity index (χ0n) is 8.83. The zero-order valence-corrected chi connectivity index (χ0v) is 9.59. The standard InChI is InChI=1S/C13H10ClF2N/c14-12-4-2-1-3-11(12)8-5-9(13(15)16)7-10(17)6-8/h1-7,13H,17H2. The van der Waals surface area contributed by atoms with Crippen molar-refractivity contribution in [1.82, 2.24) is 0 Å². The van der Waals surface area contributed by atoms with E-state index in [9.17, 15) is 8.78 Å². The van der Waals surface area contributed by atoms with Gasteiger partial charge in [0.1, 0.15) is 0 Å². The largest absolute Gasteiger partial charge is 0.399 e. The maximum absolute atomic E-state index is 12.7. The number of alkyl halides is 2. The van der Waals surface area contributed by atoms with Gasteiger partial charge in [-0.05, 0) is 29.8 Å². The van der Waals surface area contributed by atoms with Crippen LogP contribution in [-0.4, -0.2) is 0 Å². The molecule has 2 aromatic carbocycles. The Labute approximate surface area is 103 Å². The fourth-order valence-corrected chi connectivity index (χ4v) is 1.90. The molecule has 0 bridgehead atoms. The zero-order chi connectivity index (χ0) is 12.4. The molecular weight excluding hydrogens is 244 g/mol. The van der Waals surface area contributed by atoms with Crippen LogP contribution in [0.15, 0.2) is 42.5 Å². The van der Waals surface area contributed by atoms with Gasteiger partial charge in [0.25, 0.3) is 6.43 Å². The van der Waals surface area contributed by atoms with Crippen LogP contribution in [0.5, 0.6) is 0 Å². The fourth-order valence-electron chi connectivity index (χ4n) is 1.65. The summed E-state index contributed by atoms with van der Waals surface area (Å²) < 4.78 is 25.3. The normalized spacial score (nSPS) is 10.8. The van der Waals surface area contributed by atoms with Crippen LogP contribution in [-0.2, 0) is 0 Å². The molecule has 0 radical (unpaired) electrons. The molecule has 17 heavy (non-hydrogen) atoms. The van der Waals surface area contributed by atoms with Gasteiger partial charge in [-0.25, -0.2) is 8.78 Å². The van der Waals surface area contributed by atoms with Crippen LogP contribution in [0.2, 0.25) is 5.02 Å². The van der Waals surface area contributed by atoms with Gasteiger partial charge in [0, 0.05) is 21.8 Å². The second kappa shape index (κ2) is 4.72. The van der Waals surface area contributed by atoms with Crippen LogP contribution in [0.1, 0.15) is 12.0 Å². The van der Waals surface area contributed by atoms with Gasteiger partial charge in [-0.2, -0.15) is 0 Å². The first-order valence-electron chi connectivity index (χ1n) is 5.01. The summed E-state index contributed by atoms with van der Waals surface area (Å²) in [6.07, 6.45) is -2.54. The van der Waals surface area contributed by atoms with Crippen molar-refractivity contribution in [3.8, 4) is 11.1 Å². The smallest absolute Gasteiger partial charge is 0.263 e. The van der Waals surface area contributed by atoms with Crippen molar-refractivity contribution >= 4 is 17.3 Å². The SMILES string of the molecule is Nc1cc(-c2ccccc2Cl)cc(C(F)F)c1. The Hall–Kier alpha value is -1.61. The van der Waals surface area contributed by atoms with Gasteiger partial charge in [-0.1, -0.05) is 29.8 Å². The van der Waals surface area contributed by atoms with E-state index in [1.54, 1.807) is 30.3 Å². The molecule has 0 spiro atoms. The average Bonchev–Trinajstić information content (AvgIpc) is 2.28. The number of anilines is 1. The second-order valence-corrected chi connectivity index (χ2v) is 4.08. The maximum atomic E-state index is 12.7. The summed E-state index contributed by atoms with van der Waals surface area (Å²) in [5.41, 5.74) is 7.11. The van der Waals surface area contributed by atoms with Crippen molar-refractivity contribution in [2.24, 2.45) is 0 Å².